The summed E-state index contributed by atoms with van der Waals surface area (Å²) in [5, 5.41) is 8.39. The Hall–Kier alpha value is -0.720. The number of nitrogens with zero attached hydrogens (tertiary/aromatic N) is 2. The van der Waals surface area contributed by atoms with Crippen molar-refractivity contribution in [2.45, 2.75) is 52.9 Å². The molecule has 24 heavy (non-hydrogen) atoms. The third-order valence-electron chi connectivity index (χ3n) is 5.71. The van der Waals surface area contributed by atoms with Crippen molar-refractivity contribution in [3.63, 3.8) is 0 Å². The van der Waals surface area contributed by atoms with Gasteiger partial charge in [0.15, 0.2) is 5.11 Å². The SMILES string of the molecule is CCC(C)(C)C1CCC(=NNC(=S)NCCN2CCOCC2)CC1. The molecule has 0 bridgehead atoms. The number of hydrazone groups is 1. The van der Waals surface area contributed by atoms with Crippen molar-refractivity contribution in [1.82, 2.24) is 15.6 Å². The lowest BCUT2D eigenvalue weighted by Crippen LogP contribution is -2.43. The van der Waals surface area contributed by atoms with Crippen molar-refractivity contribution in [3.8, 4) is 0 Å². The highest BCUT2D eigenvalue weighted by molar-refractivity contribution is 7.80. The molecule has 1 saturated carbocycles. The molecule has 0 atom stereocenters. The van der Waals surface area contributed by atoms with Crippen LogP contribution in [0.3, 0.4) is 0 Å². The third kappa shape index (κ3) is 6.30. The van der Waals surface area contributed by atoms with E-state index in [-0.39, 0.29) is 0 Å². The lowest BCUT2D eigenvalue weighted by atomic mass is 9.69. The Balaban J connectivity index is 1.62. The van der Waals surface area contributed by atoms with Gasteiger partial charge in [-0.3, -0.25) is 10.3 Å². The zero-order chi connectivity index (χ0) is 17.4. The van der Waals surface area contributed by atoms with Gasteiger partial charge in [-0.05, 0) is 49.2 Å². The summed E-state index contributed by atoms with van der Waals surface area (Å²) in [4.78, 5) is 2.39. The van der Waals surface area contributed by atoms with Crippen LogP contribution in [0, 0.1) is 11.3 Å². The summed E-state index contributed by atoms with van der Waals surface area (Å²) in [5.74, 6) is 0.819. The minimum absolute atomic E-state index is 0.454. The van der Waals surface area contributed by atoms with Gasteiger partial charge >= 0.3 is 0 Å². The van der Waals surface area contributed by atoms with Crippen molar-refractivity contribution in [2.75, 3.05) is 39.4 Å². The van der Waals surface area contributed by atoms with E-state index < -0.39 is 0 Å². The first-order valence-corrected chi connectivity index (χ1v) is 9.81. The van der Waals surface area contributed by atoms with Gasteiger partial charge in [-0.2, -0.15) is 5.10 Å². The molecule has 0 spiro atoms. The smallest absolute Gasteiger partial charge is 0.186 e. The van der Waals surface area contributed by atoms with Gasteiger partial charge in [0.05, 0.1) is 13.2 Å². The predicted octanol–water partition coefficient (Wildman–Crippen LogP) is 2.77. The molecule has 2 aliphatic rings. The van der Waals surface area contributed by atoms with Crippen molar-refractivity contribution in [2.24, 2.45) is 16.4 Å². The highest BCUT2D eigenvalue weighted by Gasteiger charge is 2.30. The van der Waals surface area contributed by atoms with Crippen molar-refractivity contribution in [3.05, 3.63) is 0 Å². The molecular weight excluding hydrogens is 320 g/mol. The average molecular weight is 355 g/mol. The van der Waals surface area contributed by atoms with Crippen LogP contribution in [0.2, 0.25) is 0 Å². The Bertz CT molecular complexity index is 423. The van der Waals surface area contributed by atoms with Crippen LogP contribution >= 0.6 is 12.2 Å². The maximum Gasteiger partial charge on any atom is 0.186 e. The second kappa shape index (κ2) is 9.68. The van der Waals surface area contributed by atoms with E-state index in [0.29, 0.717) is 10.5 Å². The fraction of sp³-hybridized carbons (Fsp3) is 0.889. The molecule has 1 aliphatic heterocycles. The highest BCUT2D eigenvalue weighted by atomic mass is 32.1. The average Bonchev–Trinajstić information content (AvgIpc) is 2.61. The minimum atomic E-state index is 0.454. The van der Waals surface area contributed by atoms with Crippen LogP contribution in [-0.2, 0) is 4.74 Å². The van der Waals surface area contributed by atoms with Crippen LogP contribution in [-0.4, -0.2) is 55.1 Å². The molecule has 2 rings (SSSR count). The van der Waals surface area contributed by atoms with Crippen LogP contribution in [0.4, 0.5) is 0 Å². The first-order valence-electron chi connectivity index (χ1n) is 9.40. The zero-order valence-corrected chi connectivity index (χ0v) is 16.4. The van der Waals surface area contributed by atoms with Gasteiger partial charge in [-0.1, -0.05) is 27.2 Å². The summed E-state index contributed by atoms with van der Waals surface area (Å²) in [7, 11) is 0. The van der Waals surface area contributed by atoms with Crippen molar-refractivity contribution < 1.29 is 4.74 Å². The fourth-order valence-electron chi connectivity index (χ4n) is 3.45. The highest BCUT2D eigenvalue weighted by Crippen LogP contribution is 2.39. The monoisotopic (exact) mass is 354 g/mol. The van der Waals surface area contributed by atoms with E-state index >= 15 is 0 Å². The minimum Gasteiger partial charge on any atom is -0.379 e. The third-order valence-corrected chi connectivity index (χ3v) is 5.95. The Morgan fingerprint density at radius 3 is 2.58 bits per heavy atom. The number of ether oxygens (including phenoxy) is 1. The molecule has 2 N–H and O–H groups in total. The van der Waals surface area contributed by atoms with Gasteiger partial charge in [-0.25, -0.2) is 0 Å². The maximum atomic E-state index is 5.35. The van der Waals surface area contributed by atoms with E-state index in [1.807, 2.05) is 0 Å². The summed E-state index contributed by atoms with van der Waals surface area (Å²) in [5.41, 5.74) is 4.74. The lowest BCUT2D eigenvalue weighted by Gasteiger charge is -2.36. The van der Waals surface area contributed by atoms with E-state index in [0.717, 1.165) is 58.2 Å². The molecule has 0 aromatic rings. The summed E-state index contributed by atoms with van der Waals surface area (Å²) >= 11 is 5.32. The Kier molecular flexibility index (Phi) is 7.91. The van der Waals surface area contributed by atoms with E-state index in [1.54, 1.807) is 0 Å². The summed E-state index contributed by atoms with van der Waals surface area (Å²) in [6.07, 6.45) is 5.94. The van der Waals surface area contributed by atoms with Crippen LogP contribution in [0.15, 0.2) is 5.10 Å². The van der Waals surface area contributed by atoms with Gasteiger partial charge in [0, 0.05) is 31.9 Å². The standard InChI is InChI=1S/C18H34N4OS/c1-4-18(2,3)15-5-7-16(8-6-15)20-21-17(24)19-9-10-22-11-13-23-14-12-22/h15H,4-14H2,1-3H3,(H2,19,21,24). The van der Waals surface area contributed by atoms with Gasteiger partial charge < -0.3 is 10.1 Å². The van der Waals surface area contributed by atoms with E-state index in [2.05, 4.69) is 41.5 Å². The molecule has 0 unspecified atom stereocenters. The van der Waals surface area contributed by atoms with Crippen molar-refractivity contribution in [1.29, 1.82) is 0 Å². The molecule has 0 aromatic carbocycles. The van der Waals surface area contributed by atoms with E-state index in [9.17, 15) is 0 Å². The first kappa shape index (κ1) is 19.6. The number of morpholine rings is 1. The second-order valence-corrected chi connectivity index (χ2v) is 8.02. The van der Waals surface area contributed by atoms with Crippen LogP contribution in [0.5, 0.6) is 0 Å². The number of hydrogen-bond donors (Lipinski definition) is 2. The number of hydrogen-bond acceptors (Lipinski definition) is 4. The quantitative estimate of drug-likeness (QED) is 0.567. The topological polar surface area (TPSA) is 48.9 Å². The normalized spacial score (nSPS) is 23.0. The molecule has 0 radical (unpaired) electrons. The largest absolute Gasteiger partial charge is 0.379 e. The summed E-state index contributed by atoms with van der Waals surface area (Å²) < 4.78 is 5.35. The van der Waals surface area contributed by atoms with E-state index in [4.69, 9.17) is 17.0 Å². The Morgan fingerprint density at radius 1 is 1.29 bits per heavy atom. The Labute approximate surface area is 152 Å². The van der Waals surface area contributed by atoms with Gasteiger partial charge in [-0.15, -0.1) is 0 Å². The van der Waals surface area contributed by atoms with Gasteiger partial charge in [0.2, 0.25) is 0 Å². The van der Waals surface area contributed by atoms with Crippen LogP contribution in [0.1, 0.15) is 52.9 Å². The van der Waals surface area contributed by atoms with Crippen LogP contribution < -0.4 is 10.7 Å². The fourth-order valence-corrected chi connectivity index (χ4v) is 3.60. The first-order chi connectivity index (χ1) is 11.5. The molecule has 1 aliphatic carbocycles. The second-order valence-electron chi connectivity index (χ2n) is 7.62. The molecule has 0 aromatic heterocycles. The Morgan fingerprint density at radius 2 is 1.96 bits per heavy atom. The lowest BCUT2D eigenvalue weighted by molar-refractivity contribution is 0.0389. The summed E-state index contributed by atoms with van der Waals surface area (Å²) in [6.45, 7) is 12.6. The molecule has 6 heteroatoms. The number of nitrogens with one attached hydrogen (secondary N) is 2. The number of thiocarbonyl (C=S) groups is 1. The van der Waals surface area contributed by atoms with E-state index in [1.165, 1.54) is 25.0 Å². The number of rotatable bonds is 6. The molecule has 5 nitrogen and oxygen atoms in total. The molecule has 0 amide bonds. The maximum absolute atomic E-state index is 5.35. The summed E-state index contributed by atoms with van der Waals surface area (Å²) in [6, 6.07) is 0. The molecular formula is C18H34N4OS. The molecule has 138 valence electrons. The molecule has 1 saturated heterocycles. The van der Waals surface area contributed by atoms with Gasteiger partial charge in [0.1, 0.15) is 0 Å². The predicted molar refractivity (Wildman–Crippen MR) is 104 cm³/mol. The van der Waals surface area contributed by atoms with Crippen LogP contribution in [0.25, 0.3) is 0 Å². The van der Waals surface area contributed by atoms with Gasteiger partial charge in [0.25, 0.3) is 0 Å². The zero-order valence-electron chi connectivity index (χ0n) is 15.6. The molecule has 1 heterocycles. The van der Waals surface area contributed by atoms with Crippen molar-refractivity contribution >= 4 is 23.0 Å². The molecule has 2 fully saturated rings.